The van der Waals surface area contributed by atoms with Gasteiger partial charge in [-0.15, -0.1) is 12.4 Å². The third-order valence-corrected chi connectivity index (χ3v) is 5.50. The zero-order valence-electron chi connectivity index (χ0n) is 15.4. The fraction of sp³-hybridized carbons (Fsp3) is 0.455. The van der Waals surface area contributed by atoms with Crippen LogP contribution in [-0.4, -0.2) is 34.2 Å². The second kappa shape index (κ2) is 9.96. The smallest absolute Gasteiger partial charge is 0.115 e. The molecular formula is C22H30ClNO2. The Morgan fingerprint density at radius 1 is 1.00 bits per heavy atom. The molecule has 2 aromatic carbocycles. The van der Waals surface area contributed by atoms with E-state index in [9.17, 15) is 10.2 Å². The summed E-state index contributed by atoms with van der Waals surface area (Å²) in [4.78, 5) is 2.44. The van der Waals surface area contributed by atoms with Gasteiger partial charge in [-0.25, -0.2) is 0 Å². The Kier molecular flexibility index (Phi) is 7.95. The number of piperidine rings is 1. The molecule has 1 heterocycles. The number of aromatic hydroxyl groups is 1. The molecule has 142 valence electrons. The summed E-state index contributed by atoms with van der Waals surface area (Å²) in [7, 11) is 0. The van der Waals surface area contributed by atoms with Crippen molar-refractivity contribution in [1.82, 2.24) is 4.90 Å². The van der Waals surface area contributed by atoms with Crippen LogP contribution in [-0.2, 0) is 6.42 Å². The minimum absolute atomic E-state index is 0. The lowest BCUT2D eigenvalue weighted by molar-refractivity contribution is 0.0260. The normalized spacial score (nSPS) is 18.1. The fourth-order valence-corrected chi connectivity index (χ4v) is 4.01. The number of aliphatic hydroxyl groups excluding tert-OH is 1. The molecule has 3 rings (SSSR count). The van der Waals surface area contributed by atoms with Crippen LogP contribution in [0.2, 0.25) is 0 Å². The van der Waals surface area contributed by atoms with Crippen LogP contribution >= 0.6 is 12.4 Å². The Hall–Kier alpha value is -1.55. The van der Waals surface area contributed by atoms with Crippen molar-refractivity contribution in [1.29, 1.82) is 0 Å². The SMILES string of the molecule is CCC(C(O)c1ccc(O)cc1)N1CCC(Cc2ccccc2)CC1.Cl. The van der Waals surface area contributed by atoms with E-state index in [0.29, 0.717) is 0 Å². The molecular weight excluding hydrogens is 346 g/mol. The Balaban J connectivity index is 0.00000243. The molecule has 0 amide bonds. The number of aliphatic hydroxyl groups is 1. The number of phenolic OH excluding ortho intramolecular Hbond substituents is 1. The number of hydrogen-bond acceptors (Lipinski definition) is 3. The lowest BCUT2D eigenvalue weighted by Crippen LogP contribution is -2.44. The second-order valence-corrected chi connectivity index (χ2v) is 7.18. The van der Waals surface area contributed by atoms with Crippen molar-refractivity contribution >= 4 is 12.4 Å². The van der Waals surface area contributed by atoms with E-state index in [1.54, 1.807) is 12.1 Å². The van der Waals surface area contributed by atoms with Gasteiger partial charge in [-0.1, -0.05) is 49.4 Å². The zero-order valence-corrected chi connectivity index (χ0v) is 16.2. The largest absolute Gasteiger partial charge is 0.508 e. The lowest BCUT2D eigenvalue weighted by Gasteiger charge is -2.39. The predicted octanol–water partition coefficient (Wildman–Crippen LogP) is 4.58. The molecule has 1 aliphatic heterocycles. The molecule has 0 radical (unpaired) electrons. The van der Waals surface area contributed by atoms with Crippen LogP contribution in [0.25, 0.3) is 0 Å². The van der Waals surface area contributed by atoms with Gasteiger partial charge in [-0.2, -0.15) is 0 Å². The molecule has 0 aliphatic carbocycles. The fourth-order valence-electron chi connectivity index (χ4n) is 4.01. The van der Waals surface area contributed by atoms with E-state index >= 15 is 0 Å². The Labute approximate surface area is 163 Å². The lowest BCUT2D eigenvalue weighted by atomic mass is 9.88. The summed E-state index contributed by atoms with van der Waals surface area (Å²) in [5, 5.41) is 20.2. The van der Waals surface area contributed by atoms with E-state index in [1.807, 2.05) is 12.1 Å². The molecule has 0 bridgehead atoms. The van der Waals surface area contributed by atoms with Crippen molar-refractivity contribution in [2.24, 2.45) is 5.92 Å². The van der Waals surface area contributed by atoms with Gasteiger partial charge in [0.05, 0.1) is 6.10 Å². The first-order valence-electron chi connectivity index (χ1n) is 9.42. The van der Waals surface area contributed by atoms with Gasteiger partial charge in [-0.05, 0) is 68.0 Å². The molecule has 3 nitrogen and oxygen atoms in total. The molecule has 26 heavy (non-hydrogen) atoms. The van der Waals surface area contributed by atoms with Crippen molar-refractivity contribution < 1.29 is 10.2 Å². The van der Waals surface area contributed by atoms with Crippen molar-refractivity contribution in [3.63, 3.8) is 0 Å². The van der Waals surface area contributed by atoms with E-state index in [2.05, 4.69) is 42.2 Å². The maximum Gasteiger partial charge on any atom is 0.115 e. The Morgan fingerprint density at radius 3 is 2.19 bits per heavy atom. The number of benzene rings is 2. The van der Waals surface area contributed by atoms with Crippen LogP contribution in [0.3, 0.4) is 0 Å². The van der Waals surface area contributed by atoms with Crippen LogP contribution in [0.4, 0.5) is 0 Å². The molecule has 2 unspecified atom stereocenters. The third-order valence-electron chi connectivity index (χ3n) is 5.50. The Morgan fingerprint density at radius 2 is 1.62 bits per heavy atom. The number of likely N-dealkylation sites (tertiary alicyclic amines) is 1. The van der Waals surface area contributed by atoms with Crippen molar-refractivity contribution in [3.8, 4) is 5.75 Å². The highest BCUT2D eigenvalue weighted by Gasteiger charge is 2.29. The van der Waals surface area contributed by atoms with Crippen molar-refractivity contribution in [2.45, 2.75) is 44.8 Å². The molecule has 1 saturated heterocycles. The van der Waals surface area contributed by atoms with Gasteiger partial charge in [0.1, 0.15) is 5.75 Å². The number of phenols is 1. The third kappa shape index (κ3) is 5.23. The summed E-state index contributed by atoms with van der Waals surface area (Å²) in [6.07, 6.45) is 3.95. The summed E-state index contributed by atoms with van der Waals surface area (Å²) in [5.41, 5.74) is 2.31. The van der Waals surface area contributed by atoms with Gasteiger partial charge in [0.25, 0.3) is 0 Å². The van der Waals surface area contributed by atoms with E-state index < -0.39 is 6.10 Å². The molecule has 2 atom stereocenters. The summed E-state index contributed by atoms with van der Waals surface area (Å²) < 4.78 is 0. The summed E-state index contributed by atoms with van der Waals surface area (Å²) in [5.74, 6) is 0.979. The molecule has 1 fully saturated rings. The van der Waals surface area contributed by atoms with E-state index in [1.165, 1.54) is 18.4 Å². The number of nitrogens with zero attached hydrogens (tertiary/aromatic N) is 1. The average molecular weight is 376 g/mol. The minimum atomic E-state index is -0.503. The standard InChI is InChI=1S/C22H29NO2.ClH/c1-2-21(22(25)19-8-10-20(24)11-9-19)23-14-12-18(13-15-23)16-17-6-4-3-5-7-17;/h3-11,18,21-22,24-25H,2,12-16H2,1H3;1H. The zero-order chi connectivity index (χ0) is 17.6. The molecule has 0 aromatic heterocycles. The number of rotatable bonds is 6. The number of hydrogen-bond donors (Lipinski definition) is 2. The van der Waals surface area contributed by atoms with Crippen LogP contribution < -0.4 is 0 Å². The first-order valence-corrected chi connectivity index (χ1v) is 9.42. The summed E-state index contributed by atoms with van der Waals surface area (Å²) in [6.45, 7) is 4.24. The Bertz CT molecular complexity index is 639. The van der Waals surface area contributed by atoms with E-state index in [-0.39, 0.29) is 24.2 Å². The predicted molar refractivity (Wildman–Crippen MR) is 109 cm³/mol. The first kappa shape index (κ1) is 20.8. The van der Waals surface area contributed by atoms with Crippen molar-refractivity contribution in [2.75, 3.05) is 13.1 Å². The maximum absolute atomic E-state index is 10.8. The highest BCUT2D eigenvalue weighted by Crippen LogP contribution is 2.29. The minimum Gasteiger partial charge on any atom is -0.508 e. The van der Waals surface area contributed by atoms with Gasteiger partial charge < -0.3 is 10.2 Å². The first-order chi connectivity index (χ1) is 12.2. The summed E-state index contributed by atoms with van der Waals surface area (Å²) in [6, 6.07) is 17.8. The molecule has 2 aromatic rings. The molecule has 0 spiro atoms. The van der Waals surface area contributed by atoms with Gasteiger partial charge in [-0.3, -0.25) is 4.90 Å². The van der Waals surface area contributed by atoms with E-state index in [0.717, 1.165) is 37.4 Å². The average Bonchev–Trinajstić information content (AvgIpc) is 2.65. The molecule has 0 saturated carbocycles. The van der Waals surface area contributed by atoms with Gasteiger partial charge in [0.15, 0.2) is 0 Å². The van der Waals surface area contributed by atoms with Crippen molar-refractivity contribution in [3.05, 3.63) is 65.7 Å². The maximum atomic E-state index is 10.8. The second-order valence-electron chi connectivity index (χ2n) is 7.18. The quantitative estimate of drug-likeness (QED) is 0.776. The van der Waals surface area contributed by atoms with Gasteiger partial charge >= 0.3 is 0 Å². The van der Waals surface area contributed by atoms with Crippen LogP contribution in [0.1, 0.15) is 43.4 Å². The van der Waals surface area contributed by atoms with Crippen LogP contribution in [0, 0.1) is 5.92 Å². The van der Waals surface area contributed by atoms with Gasteiger partial charge in [0, 0.05) is 6.04 Å². The highest BCUT2D eigenvalue weighted by molar-refractivity contribution is 5.85. The van der Waals surface area contributed by atoms with Crippen LogP contribution in [0.15, 0.2) is 54.6 Å². The van der Waals surface area contributed by atoms with Crippen LogP contribution in [0.5, 0.6) is 5.75 Å². The summed E-state index contributed by atoms with van der Waals surface area (Å²) >= 11 is 0. The monoisotopic (exact) mass is 375 g/mol. The molecule has 1 aliphatic rings. The molecule has 4 heteroatoms. The number of halogens is 1. The topological polar surface area (TPSA) is 43.7 Å². The molecule has 2 N–H and O–H groups in total. The highest BCUT2D eigenvalue weighted by atomic mass is 35.5. The van der Waals surface area contributed by atoms with Gasteiger partial charge in [0.2, 0.25) is 0 Å². The van der Waals surface area contributed by atoms with E-state index in [4.69, 9.17) is 0 Å².